The van der Waals surface area contributed by atoms with Crippen molar-refractivity contribution in [1.82, 2.24) is 0 Å². The summed E-state index contributed by atoms with van der Waals surface area (Å²) < 4.78 is 121. The van der Waals surface area contributed by atoms with Crippen molar-refractivity contribution in [1.29, 1.82) is 0 Å². The van der Waals surface area contributed by atoms with Crippen molar-refractivity contribution in [2.45, 2.75) is 88.5 Å². The molecule has 0 rings (SSSR count). The summed E-state index contributed by atoms with van der Waals surface area (Å²) in [5.74, 6) is -19.9. The fourth-order valence-corrected chi connectivity index (χ4v) is 3.41. The van der Waals surface area contributed by atoms with Gasteiger partial charge in [-0.1, -0.05) is 40.0 Å². The van der Waals surface area contributed by atoms with Crippen LogP contribution in [0.25, 0.3) is 0 Å². The van der Waals surface area contributed by atoms with Crippen molar-refractivity contribution in [2.24, 2.45) is 5.92 Å². The summed E-state index contributed by atoms with van der Waals surface area (Å²) in [6, 6.07) is 0. The van der Waals surface area contributed by atoms with E-state index in [1.165, 1.54) is 0 Å². The lowest BCUT2D eigenvalue weighted by Gasteiger charge is -2.33. The fraction of sp³-hybridized carbons (Fsp3) is 0.944. The average Bonchev–Trinajstić information content (AvgIpc) is 2.60. The average molecular weight is 478 g/mol. The van der Waals surface area contributed by atoms with Gasteiger partial charge in [-0.25, -0.2) is 0 Å². The van der Waals surface area contributed by atoms with Crippen LogP contribution < -0.4 is 0 Å². The lowest BCUT2D eigenvalue weighted by atomic mass is 10.00. The van der Waals surface area contributed by atoms with Gasteiger partial charge in [0.25, 0.3) is 0 Å². The van der Waals surface area contributed by atoms with Crippen molar-refractivity contribution in [3.8, 4) is 0 Å². The van der Waals surface area contributed by atoms with Gasteiger partial charge in [-0.2, -0.15) is 39.5 Å². The van der Waals surface area contributed by atoms with Crippen LogP contribution in [-0.4, -0.2) is 47.5 Å². The highest BCUT2D eigenvalue weighted by atomic mass is 32.2. The van der Waals surface area contributed by atoms with E-state index in [1.54, 1.807) is 13.8 Å². The minimum Gasteiger partial charge on any atom is -0.465 e. The van der Waals surface area contributed by atoms with Gasteiger partial charge in [-0.05, 0) is 24.5 Å². The Hall–Kier alpha value is -0.810. The first-order valence-electron chi connectivity index (χ1n) is 9.49. The summed E-state index contributed by atoms with van der Waals surface area (Å²) in [7, 11) is 0. The summed E-state index contributed by atoms with van der Waals surface area (Å²) in [5.41, 5.74) is 0. The van der Waals surface area contributed by atoms with E-state index in [9.17, 15) is 44.3 Å². The van der Waals surface area contributed by atoms with E-state index >= 15 is 0 Å². The predicted octanol–water partition coefficient (Wildman–Crippen LogP) is 7.12. The second-order valence-corrected chi connectivity index (χ2v) is 8.64. The van der Waals surface area contributed by atoms with Crippen LogP contribution in [0, 0.1) is 5.92 Å². The Morgan fingerprint density at radius 2 is 1.47 bits per heavy atom. The second kappa shape index (κ2) is 11.7. The highest BCUT2D eigenvalue weighted by molar-refractivity contribution is 8.00. The number of hydrogen-bond donors (Lipinski definition) is 0. The van der Waals surface area contributed by atoms with Crippen LogP contribution in [0.5, 0.6) is 0 Å². The molecule has 0 aromatic carbocycles. The molecule has 0 saturated heterocycles. The van der Waals surface area contributed by atoms with Crippen molar-refractivity contribution in [3.63, 3.8) is 0 Å². The molecule has 12 heteroatoms. The summed E-state index contributed by atoms with van der Waals surface area (Å²) >= 11 is 0.834. The van der Waals surface area contributed by atoms with E-state index in [1.807, 2.05) is 6.92 Å². The van der Waals surface area contributed by atoms with Gasteiger partial charge in [0.1, 0.15) is 5.25 Å². The van der Waals surface area contributed by atoms with E-state index in [0.29, 0.717) is 12.8 Å². The van der Waals surface area contributed by atoms with Crippen molar-refractivity contribution >= 4 is 17.7 Å². The molecule has 0 aromatic rings. The van der Waals surface area contributed by atoms with Crippen LogP contribution in [0.15, 0.2) is 0 Å². The zero-order valence-electron chi connectivity index (χ0n) is 16.9. The van der Waals surface area contributed by atoms with Crippen molar-refractivity contribution in [3.05, 3.63) is 0 Å². The Balaban J connectivity index is 4.91. The third kappa shape index (κ3) is 8.03. The highest BCUT2D eigenvalue weighted by Gasteiger charge is 2.81. The smallest absolute Gasteiger partial charge is 0.460 e. The number of unbranched alkanes of at least 4 members (excludes halogenated alkanes) is 2. The monoisotopic (exact) mass is 478 g/mol. The molecule has 0 aliphatic rings. The molecule has 0 heterocycles. The zero-order chi connectivity index (χ0) is 23.8. The van der Waals surface area contributed by atoms with Gasteiger partial charge < -0.3 is 4.74 Å². The minimum absolute atomic E-state index is 0.0477. The van der Waals surface area contributed by atoms with Crippen molar-refractivity contribution < 1.29 is 49.0 Å². The summed E-state index contributed by atoms with van der Waals surface area (Å²) in [6.45, 7) is 5.63. The van der Waals surface area contributed by atoms with E-state index in [2.05, 4.69) is 0 Å². The van der Waals surface area contributed by atoms with E-state index in [4.69, 9.17) is 4.74 Å². The molecular formula is C18H27F9O2S. The molecule has 0 aromatic heterocycles. The zero-order valence-corrected chi connectivity index (χ0v) is 17.8. The van der Waals surface area contributed by atoms with Gasteiger partial charge in [0.2, 0.25) is 0 Å². The maximum atomic E-state index is 13.5. The molecular weight excluding hydrogens is 451 g/mol. The Morgan fingerprint density at radius 3 is 1.93 bits per heavy atom. The largest absolute Gasteiger partial charge is 0.465 e. The molecule has 0 aliphatic carbocycles. The highest BCUT2D eigenvalue weighted by Crippen LogP contribution is 2.54. The van der Waals surface area contributed by atoms with Crippen LogP contribution >= 0.6 is 11.8 Å². The predicted molar refractivity (Wildman–Crippen MR) is 96.3 cm³/mol. The Bertz CT molecular complexity index is 522. The molecule has 0 N–H and O–H groups in total. The molecule has 0 spiro atoms. The molecule has 30 heavy (non-hydrogen) atoms. The number of ether oxygens (including phenoxy) is 1. The molecule has 1 unspecified atom stereocenters. The summed E-state index contributed by atoms with van der Waals surface area (Å²) in [4.78, 5) is 12.1. The first kappa shape index (κ1) is 29.2. The number of carbonyl (C=O) groups is 1. The maximum Gasteiger partial charge on any atom is 0.460 e. The molecule has 0 bridgehead atoms. The molecule has 1 atom stereocenters. The number of alkyl halides is 9. The molecule has 0 radical (unpaired) electrons. The van der Waals surface area contributed by atoms with E-state index in [-0.39, 0.29) is 18.3 Å². The molecule has 2 nitrogen and oxygen atoms in total. The normalized spacial score (nSPS) is 14.8. The SMILES string of the molecule is CCCCCC(SCCCC(F)(F)C(F)(F)C(F)(F)C(F)(F)F)C(=O)OCC(C)C. The topological polar surface area (TPSA) is 26.3 Å². The van der Waals surface area contributed by atoms with Gasteiger partial charge in [0, 0.05) is 6.42 Å². The van der Waals surface area contributed by atoms with Gasteiger partial charge >= 0.3 is 29.9 Å². The van der Waals surface area contributed by atoms with Crippen LogP contribution in [0.3, 0.4) is 0 Å². The standard InChI is InChI=1S/C18H27F9O2S/c1-4-5-6-8-13(14(28)29-11-12(2)3)30-10-7-9-15(19,20)16(21,22)17(23,24)18(25,26)27/h12-13H,4-11H2,1-3H3. The maximum absolute atomic E-state index is 13.5. The first-order valence-corrected chi connectivity index (χ1v) is 10.5. The minimum atomic E-state index is -6.88. The molecule has 0 amide bonds. The number of thioether (sulfide) groups is 1. The molecule has 0 fully saturated rings. The van der Waals surface area contributed by atoms with Gasteiger partial charge in [-0.3, -0.25) is 4.79 Å². The van der Waals surface area contributed by atoms with Gasteiger partial charge in [0.15, 0.2) is 0 Å². The Kier molecular flexibility index (Phi) is 11.4. The lowest BCUT2D eigenvalue weighted by Crippen LogP contribution is -2.60. The third-order valence-electron chi connectivity index (χ3n) is 4.06. The Morgan fingerprint density at radius 1 is 0.900 bits per heavy atom. The number of carbonyl (C=O) groups excluding carboxylic acids is 1. The second-order valence-electron chi connectivity index (χ2n) is 7.33. The van der Waals surface area contributed by atoms with Gasteiger partial charge in [-0.15, -0.1) is 11.8 Å². The van der Waals surface area contributed by atoms with Crippen LogP contribution in [-0.2, 0) is 9.53 Å². The number of hydrogen-bond acceptors (Lipinski definition) is 3. The molecule has 0 aliphatic heterocycles. The van der Waals surface area contributed by atoms with E-state index in [0.717, 1.165) is 24.6 Å². The quantitative estimate of drug-likeness (QED) is 0.151. The van der Waals surface area contributed by atoms with Crippen LogP contribution in [0.2, 0.25) is 0 Å². The fourth-order valence-electron chi connectivity index (χ4n) is 2.28. The van der Waals surface area contributed by atoms with Crippen molar-refractivity contribution in [2.75, 3.05) is 12.4 Å². The first-order chi connectivity index (χ1) is 13.5. The third-order valence-corrected chi connectivity index (χ3v) is 5.41. The van der Waals surface area contributed by atoms with Crippen LogP contribution in [0.4, 0.5) is 39.5 Å². The molecule has 180 valence electrons. The van der Waals surface area contributed by atoms with E-state index < -0.39 is 48.0 Å². The number of rotatable bonds is 14. The number of esters is 1. The number of halogens is 9. The van der Waals surface area contributed by atoms with Crippen LogP contribution in [0.1, 0.15) is 59.3 Å². The summed E-state index contributed by atoms with van der Waals surface area (Å²) in [5, 5.41) is -0.763. The molecule has 0 saturated carbocycles. The summed E-state index contributed by atoms with van der Waals surface area (Å²) in [6.07, 6.45) is -6.91. The van der Waals surface area contributed by atoms with Gasteiger partial charge in [0.05, 0.1) is 6.61 Å². The lowest BCUT2D eigenvalue weighted by molar-refractivity contribution is -0.396. The Labute approximate surface area is 174 Å².